The smallest absolute Gasteiger partial charge is 0.255 e. The van der Waals surface area contributed by atoms with E-state index in [9.17, 15) is 4.79 Å². The molecule has 122 valence electrons. The van der Waals surface area contributed by atoms with Crippen molar-refractivity contribution in [3.8, 4) is 11.3 Å². The maximum absolute atomic E-state index is 12.6. The number of nitrogens with zero attached hydrogens (tertiary/aromatic N) is 3. The number of aromatic nitrogens is 4. The zero-order valence-corrected chi connectivity index (χ0v) is 13.3. The van der Waals surface area contributed by atoms with E-state index in [1.165, 1.54) is 0 Å². The van der Waals surface area contributed by atoms with Gasteiger partial charge in [0.25, 0.3) is 5.91 Å². The Hall–Kier alpha value is -3.54. The molecule has 0 fully saturated rings. The molecule has 3 aromatic heterocycles. The van der Waals surface area contributed by atoms with Crippen molar-refractivity contribution in [1.29, 1.82) is 0 Å². The topological polar surface area (TPSA) is 83.6 Å². The van der Waals surface area contributed by atoms with Crippen molar-refractivity contribution in [3.05, 3.63) is 78.4 Å². The second-order valence-electron chi connectivity index (χ2n) is 5.59. The minimum absolute atomic E-state index is 0.188. The van der Waals surface area contributed by atoms with Crippen molar-refractivity contribution in [2.45, 2.75) is 6.54 Å². The highest BCUT2D eigenvalue weighted by Gasteiger charge is 2.16. The van der Waals surface area contributed by atoms with Crippen molar-refractivity contribution in [2.75, 3.05) is 0 Å². The van der Waals surface area contributed by atoms with Crippen molar-refractivity contribution in [2.24, 2.45) is 0 Å². The minimum atomic E-state index is -0.188. The Bertz CT molecular complexity index is 1010. The number of aromatic amines is 1. The summed E-state index contributed by atoms with van der Waals surface area (Å²) in [6, 6.07) is 13.5. The van der Waals surface area contributed by atoms with Crippen molar-refractivity contribution in [1.82, 2.24) is 25.5 Å². The lowest BCUT2D eigenvalue weighted by molar-refractivity contribution is 0.0952. The summed E-state index contributed by atoms with van der Waals surface area (Å²) in [6.45, 7) is 0.460. The van der Waals surface area contributed by atoms with Gasteiger partial charge in [0, 0.05) is 42.3 Å². The first-order valence-corrected chi connectivity index (χ1v) is 7.87. The zero-order valence-electron chi connectivity index (χ0n) is 13.3. The van der Waals surface area contributed by atoms with Crippen LogP contribution in [0.5, 0.6) is 0 Å². The third-order valence-corrected chi connectivity index (χ3v) is 3.97. The summed E-state index contributed by atoms with van der Waals surface area (Å²) in [7, 11) is 0. The molecule has 4 aromatic rings. The monoisotopic (exact) mass is 329 g/mol. The Kier molecular flexibility index (Phi) is 3.92. The Morgan fingerprint density at radius 1 is 1.00 bits per heavy atom. The fourth-order valence-electron chi connectivity index (χ4n) is 2.71. The van der Waals surface area contributed by atoms with Gasteiger partial charge in [-0.2, -0.15) is 5.10 Å². The van der Waals surface area contributed by atoms with Crippen LogP contribution in [0, 0.1) is 0 Å². The van der Waals surface area contributed by atoms with Crippen LogP contribution < -0.4 is 5.32 Å². The van der Waals surface area contributed by atoms with Gasteiger partial charge in [0.05, 0.1) is 11.1 Å². The molecule has 0 radical (unpaired) electrons. The van der Waals surface area contributed by atoms with Gasteiger partial charge < -0.3 is 5.32 Å². The van der Waals surface area contributed by atoms with Crippen LogP contribution in [0.25, 0.3) is 22.2 Å². The predicted octanol–water partition coefficient (Wildman–Crippen LogP) is 2.95. The summed E-state index contributed by atoms with van der Waals surface area (Å²) in [6.07, 6.45) is 6.68. The predicted molar refractivity (Wildman–Crippen MR) is 94.7 cm³/mol. The largest absolute Gasteiger partial charge is 0.348 e. The Balaban J connectivity index is 1.64. The Morgan fingerprint density at radius 2 is 1.80 bits per heavy atom. The van der Waals surface area contributed by atoms with Gasteiger partial charge in [0.2, 0.25) is 0 Å². The second kappa shape index (κ2) is 6.52. The summed E-state index contributed by atoms with van der Waals surface area (Å²) in [5.74, 6) is -0.188. The molecule has 3 heterocycles. The van der Waals surface area contributed by atoms with Crippen LogP contribution in [0.2, 0.25) is 0 Å². The fraction of sp³-hybridized carbons (Fsp3) is 0.0526. The summed E-state index contributed by atoms with van der Waals surface area (Å²) >= 11 is 0. The molecule has 0 aliphatic heterocycles. The van der Waals surface area contributed by atoms with E-state index in [2.05, 4.69) is 25.5 Å². The van der Waals surface area contributed by atoms with E-state index in [-0.39, 0.29) is 5.91 Å². The molecule has 0 atom stereocenters. The van der Waals surface area contributed by atoms with E-state index in [4.69, 9.17) is 0 Å². The van der Waals surface area contributed by atoms with Crippen LogP contribution in [0.15, 0.2) is 67.3 Å². The van der Waals surface area contributed by atoms with Crippen molar-refractivity contribution < 1.29 is 4.79 Å². The molecule has 0 saturated heterocycles. The first kappa shape index (κ1) is 15.0. The van der Waals surface area contributed by atoms with Gasteiger partial charge in [-0.25, -0.2) is 0 Å². The van der Waals surface area contributed by atoms with Gasteiger partial charge >= 0.3 is 0 Å². The number of hydrogen-bond donors (Lipinski definition) is 2. The van der Waals surface area contributed by atoms with Crippen LogP contribution in [-0.2, 0) is 6.54 Å². The normalized spacial score (nSPS) is 10.7. The van der Waals surface area contributed by atoms with E-state index in [1.807, 2.05) is 42.5 Å². The lowest BCUT2D eigenvalue weighted by Gasteiger charge is -2.06. The van der Waals surface area contributed by atoms with Gasteiger partial charge in [-0.15, -0.1) is 0 Å². The summed E-state index contributed by atoms with van der Waals surface area (Å²) in [5.41, 5.74) is 3.86. The molecule has 6 nitrogen and oxygen atoms in total. The van der Waals surface area contributed by atoms with Crippen LogP contribution in [0.1, 0.15) is 15.9 Å². The lowest BCUT2D eigenvalue weighted by Crippen LogP contribution is -2.23. The molecule has 0 spiro atoms. The van der Waals surface area contributed by atoms with E-state index in [0.717, 1.165) is 22.2 Å². The molecule has 0 saturated carbocycles. The van der Waals surface area contributed by atoms with Crippen LogP contribution >= 0.6 is 0 Å². The first-order chi connectivity index (χ1) is 12.3. The summed E-state index contributed by atoms with van der Waals surface area (Å²) in [4.78, 5) is 20.8. The average molecular weight is 329 g/mol. The fourth-order valence-corrected chi connectivity index (χ4v) is 2.71. The van der Waals surface area contributed by atoms with Crippen LogP contribution in [-0.4, -0.2) is 26.1 Å². The zero-order chi connectivity index (χ0) is 17.1. The number of hydrogen-bond acceptors (Lipinski definition) is 4. The third kappa shape index (κ3) is 2.97. The van der Waals surface area contributed by atoms with E-state index in [0.29, 0.717) is 17.6 Å². The number of pyridine rings is 2. The number of amides is 1. The van der Waals surface area contributed by atoms with Crippen LogP contribution in [0.3, 0.4) is 0 Å². The second-order valence-corrected chi connectivity index (χ2v) is 5.59. The molecule has 4 rings (SSSR count). The number of nitrogens with one attached hydrogen (secondary N) is 2. The maximum atomic E-state index is 12.6. The van der Waals surface area contributed by atoms with E-state index < -0.39 is 0 Å². The van der Waals surface area contributed by atoms with Gasteiger partial charge in [-0.3, -0.25) is 19.9 Å². The van der Waals surface area contributed by atoms with Crippen molar-refractivity contribution >= 4 is 16.8 Å². The van der Waals surface area contributed by atoms with Crippen LogP contribution in [0.4, 0.5) is 0 Å². The molecule has 0 aliphatic rings. The average Bonchev–Trinajstić information content (AvgIpc) is 3.12. The summed E-state index contributed by atoms with van der Waals surface area (Å²) in [5, 5.41) is 11.0. The number of carbonyl (C=O) groups excluding carboxylic acids is 1. The minimum Gasteiger partial charge on any atom is -0.348 e. The van der Waals surface area contributed by atoms with Crippen molar-refractivity contribution in [3.63, 3.8) is 0 Å². The standard InChI is InChI=1S/C19H15N5O/c25-19(22-10-13-4-2-1-3-5-13)16-12-21-11-15-17(23-24-18(15)16)14-6-8-20-9-7-14/h1-9,11-12H,10H2,(H,22,25)(H,23,24). The molecular formula is C19H15N5O. The molecule has 1 aromatic carbocycles. The molecule has 0 bridgehead atoms. The van der Waals surface area contributed by atoms with Gasteiger partial charge in [0.15, 0.2) is 0 Å². The molecule has 0 aliphatic carbocycles. The van der Waals surface area contributed by atoms with E-state index in [1.54, 1.807) is 24.8 Å². The SMILES string of the molecule is O=C(NCc1ccccc1)c1cncc2c(-c3ccncc3)n[nH]c12. The third-order valence-electron chi connectivity index (χ3n) is 3.97. The van der Waals surface area contributed by atoms with Gasteiger partial charge in [-0.05, 0) is 17.7 Å². The highest BCUT2D eigenvalue weighted by Crippen LogP contribution is 2.26. The highest BCUT2D eigenvalue weighted by molar-refractivity contribution is 6.07. The highest BCUT2D eigenvalue weighted by atomic mass is 16.1. The Morgan fingerprint density at radius 3 is 2.60 bits per heavy atom. The number of rotatable bonds is 4. The first-order valence-electron chi connectivity index (χ1n) is 7.87. The summed E-state index contributed by atoms with van der Waals surface area (Å²) < 4.78 is 0. The molecule has 2 N–H and O–H groups in total. The number of H-pyrrole nitrogens is 1. The number of benzene rings is 1. The molecule has 6 heteroatoms. The molecule has 25 heavy (non-hydrogen) atoms. The number of carbonyl (C=O) groups is 1. The Labute approximate surface area is 144 Å². The molecule has 0 unspecified atom stereocenters. The lowest BCUT2D eigenvalue weighted by atomic mass is 10.1. The van der Waals surface area contributed by atoms with Gasteiger partial charge in [0.1, 0.15) is 5.69 Å². The molecular weight excluding hydrogens is 314 g/mol. The van der Waals surface area contributed by atoms with Gasteiger partial charge in [-0.1, -0.05) is 30.3 Å². The van der Waals surface area contributed by atoms with E-state index >= 15 is 0 Å². The maximum Gasteiger partial charge on any atom is 0.255 e. The molecule has 1 amide bonds. The number of fused-ring (bicyclic) bond motifs is 1. The quantitative estimate of drug-likeness (QED) is 0.603.